The number of nitriles is 1. The van der Waals surface area contributed by atoms with Crippen molar-refractivity contribution < 1.29 is 9.59 Å². The fourth-order valence-corrected chi connectivity index (χ4v) is 3.53. The van der Waals surface area contributed by atoms with Crippen LogP contribution in [0.4, 0.5) is 11.4 Å². The molecule has 5 nitrogen and oxygen atoms in total. The van der Waals surface area contributed by atoms with Crippen LogP contribution in [0.2, 0.25) is 0 Å². The predicted octanol–water partition coefficient (Wildman–Crippen LogP) is 5.50. The van der Waals surface area contributed by atoms with Gasteiger partial charge in [-0.3, -0.25) is 9.59 Å². The molecule has 0 aliphatic heterocycles. The van der Waals surface area contributed by atoms with Crippen molar-refractivity contribution in [2.45, 2.75) is 16.7 Å². The summed E-state index contributed by atoms with van der Waals surface area (Å²) < 4.78 is 0. The van der Waals surface area contributed by atoms with Gasteiger partial charge in [0.05, 0.1) is 5.69 Å². The molecule has 0 radical (unpaired) electrons. The van der Waals surface area contributed by atoms with Crippen molar-refractivity contribution in [3.8, 4) is 6.07 Å². The van der Waals surface area contributed by atoms with E-state index in [1.54, 1.807) is 36.0 Å². The molecule has 0 heterocycles. The Kier molecular flexibility index (Phi) is 7.04. The molecule has 6 heteroatoms. The number of anilines is 2. The fraction of sp³-hybridized carbons (Fsp3) is 0.0417. The van der Waals surface area contributed by atoms with Crippen LogP contribution >= 0.6 is 11.8 Å². The predicted molar refractivity (Wildman–Crippen MR) is 119 cm³/mol. The minimum Gasteiger partial charge on any atom is -0.359 e. The number of carbonyl (C=O) groups is 2. The zero-order chi connectivity index (χ0) is 21.3. The Bertz CT molecular complexity index is 1130. The van der Waals surface area contributed by atoms with Gasteiger partial charge in [0.25, 0.3) is 5.91 Å². The standard InChI is InChI=1S/C24H19N3O2S/c1-17(28)18-8-7-9-20(14-18)27-24(29)19(15-25)16-26-22-12-5-6-13-23(22)30-21-10-3-2-4-11-21/h2-14,16,26H,1H3,(H,27,29)/b19-16-. The quantitative estimate of drug-likeness (QED) is 0.304. The molecule has 0 bridgehead atoms. The summed E-state index contributed by atoms with van der Waals surface area (Å²) in [7, 11) is 0. The topological polar surface area (TPSA) is 82.0 Å². The first kappa shape index (κ1) is 20.9. The Morgan fingerprint density at radius 1 is 0.967 bits per heavy atom. The molecule has 1 amide bonds. The van der Waals surface area contributed by atoms with Crippen LogP contribution in [0.1, 0.15) is 17.3 Å². The van der Waals surface area contributed by atoms with Gasteiger partial charge in [0.15, 0.2) is 5.78 Å². The van der Waals surface area contributed by atoms with Crippen LogP contribution in [-0.2, 0) is 4.79 Å². The number of carbonyl (C=O) groups excluding carboxylic acids is 2. The second kappa shape index (κ2) is 10.1. The number of para-hydroxylation sites is 1. The zero-order valence-electron chi connectivity index (χ0n) is 16.3. The van der Waals surface area contributed by atoms with E-state index in [0.717, 1.165) is 15.5 Å². The zero-order valence-corrected chi connectivity index (χ0v) is 17.1. The highest BCUT2D eigenvalue weighted by atomic mass is 32.2. The van der Waals surface area contributed by atoms with Crippen molar-refractivity contribution in [1.82, 2.24) is 0 Å². The third kappa shape index (κ3) is 5.60. The van der Waals surface area contributed by atoms with E-state index in [1.165, 1.54) is 13.1 Å². The van der Waals surface area contributed by atoms with Gasteiger partial charge in [-0.05, 0) is 43.3 Å². The first-order valence-corrected chi connectivity index (χ1v) is 9.99. The van der Waals surface area contributed by atoms with Gasteiger partial charge < -0.3 is 10.6 Å². The number of hydrogen-bond donors (Lipinski definition) is 2. The van der Waals surface area contributed by atoms with Crippen LogP contribution in [0.3, 0.4) is 0 Å². The average molecular weight is 414 g/mol. The number of nitrogens with zero attached hydrogens (tertiary/aromatic N) is 1. The van der Waals surface area contributed by atoms with Crippen LogP contribution in [0, 0.1) is 11.3 Å². The van der Waals surface area contributed by atoms with Gasteiger partial charge in [0.1, 0.15) is 11.6 Å². The molecular weight excluding hydrogens is 394 g/mol. The normalized spacial score (nSPS) is 10.7. The Balaban J connectivity index is 1.74. The van der Waals surface area contributed by atoms with Gasteiger partial charge in [-0.15, -0.1) is 0 Å². The molecule has 0 unspecified atom stereocenters. The van der Waals surface area contributed by atoms with E-state index in [1.807, 2.05) is 60.7 Å². The molecule has 148 valence electrons. The minimum absolute atomic E-state index is 0.0808. The summed E-state index contributed by atoms with van der Waals surface area (Å²) in [5, 5.41) is 15.1. The lowest BCUT2D eigenvalue weighted by Gasteiger charge is -2.10. The van der Waals surface area contributed by atoms with E-state index in [2.05, 4.69) is 10.6 Å². The number of Topliss-reactive ketones (excluding diaryl/α,β-unsaturated/α-hetero) is 1. The van der Waals surface area contributed by atoms with Crippen molar-refractivity contribution in [3.05, 3.63) is 96.2 Å². The van der Waals surface area contributed by atoms with Gasteiger partial charge in [-0.1, -0.05) is 54.2 Å². The fourth-order valence-electron chi connectivity index (χ4n) is 2.60. The number of nitrogens with one attached hydrogen (secondary N) is 2. The van der Waals surface area contributed by atoms with Crippen LogP contribution < -0.4 is 10.6 Å². The average Bonchev–Trinajstić information content (AvgIpc) is 2.76. The van der Waals surface area contributed by atoms with Crippen LogP contribution in [0.15, 0.2) is 100 Å². The van der Waals surface area contributed by atoms with Gasteiger partial charge in [0.2, 0.25) is 0 Å². The highest BCUT2D eigenvalue weighted by Gasteiger charge is 2.11. The lowest BCUT2D eigenvalue weighted by Crippen LogP contribution is -2.15. The smallest absolute Gasteiger partial charge is 0.267 e. The molecular formula is C24H19N3O2S. The summed E-state index contributed by atoms with van der Waals surface area (Å²) in [4.78, 5) is 26.0. The molecule has 0 fully saturated rings. The monoisotopic (exact) mass is 413 g/mol. The number of amides is 1. The molecule has 30 heavy (non-hydrogen) atoms. The SMILES string of the molecule is CC(=O)c1cccc(NC(=O)/C(C#N)=C\Nc2ccccc2Sc2ccccc2)c1. The molecule has 0 atom stereocenters. The van der Waals surface area contributed by atoms with E-state index in [9.17, 15) is 14.9 Å². The molecule has 0 aliphatic carbocycles. The van der Waals surface area contributed by atoms with E-state index in [0.29, 0.717) is 11.3 Å². The summed E-state index contributed by atoms with van der Waals surface area (Å²) in [5.41, 5.74) is 1.64. The molecule has 0 aliphatic rings. The van der Waals surface area contributed by atoms with E-state index < -0.39 is 5.91 Å². The lowest BCUT2D eigenvalue weighted by molar-refractivity contribution is -0.112. The van der Waals surface area contributed by atoms with Crippen LogP contribution in [0.5, 0.6) is 0 Å². The first-order valence-electron chi connectivity index (χ1n) is 9.18. The van der Waals surface area contributed by atoms with Crippen LogP contribution in [0.25, 0.3) is 0 Å². The molecule has 2 N–H and O–H groups in total. The Morgan fingerprint density at radius 2 is 1.70 bits per heavy atom. The maximum absolute atomic E-state index is 12.5. The van der Waals surface area contributed by atoms with Crippen molar-refractivity contribution in [2.75, 3.05) is 10.6 Å². The van der Waals surface area contributed by atoms with Gasteiger partial charge in [-0.2, -0.15) is 5.26 Å². The van der Waals surface area contributed by atoms with Crippen LogP contribution in [-0.4, -0.2) is 11.7 Å². The third-order valence-corrected chi connectivity index (χ3v) is 5.21. The Hall–Kier alpha value is -3.82. The Morgan fingerprint density at radius 3 is 2.43 bits per heavy atom. The highest BCUT2D eigenvalue weighted by Crippen LogP contribution is 2.33. The van der Waals surface area contributed by atoms with Gasteiger partial charge >= 0.3 is 0 Å². The third-order valence-electron chi connectivity index (χ3n) is 4.12. The number of hydrogen-bond acceptors (Lipinski definition) is 5. The molecule has 3 rings (SSSR count). The summed E-state index contributed by atoms with van der Waals surface area (Å²) in [6, 6.07) is 26.1. The first-order chi connectivity index (χ1) is 14.6. The number of ketones is 1. The second-order valence-corrected chi connectivity index (χ2v) is 7.43. The van der Waals surface area contributed by atoms with E-state index >= 15 is 0 Å². The van der Waals surface area contributed by atoms with Crippen molar-refractivity contribution in [2.24, 2.45) is 0 Å². The summed E-state index contributed by atoms with van der Waals surface area (Å²) in [5.74, 6) is -0.657. The molecule has 3 aromatic rings. The van der Waals surface area contributed by atoms with Crippen molar-refractivity contribution in [3.63, 3.8) is 0 Å². The number of rotatable bonds is 7. The molecule has 3 aromatic carbocycles. The Labute approximate surface area is 179 Å². The van der Waals surface area contributed by atoms with Gasteiger partial charge in [-0.25, -0.2) is 0 Å². The molecule has 0 spiro atoms. The maximum atomic E-state index is 12.5. The largest absolute Gasteiger partial charge is 0.359 e. The highest BCUT2D eigenvalue weighted by molar-refractivity contribution is 7.99. The summed E-state index contributed by atoms with van der Waals surface area (Å²) in [6.07, 6.45) is 1.38. The summed E-state index contributed by atoms with van der Waals surface area (Å²) in [6.45, 7) is 1.45. The van der Waals surface area contributed by atoms with E-state index in [4.69, 9.17) is 0 Å². The second-order valence-electron chi connectivity index (χ2n) is 6.32. The maximum Gasteiger partial charge on any atom is 0.267 e. The van der Waals surface area contributed by atoms with Crippen molar-refractivity contribution in [1.29, 1.82) is 5.26 Å². The lowest BCUT2D eigenvalue weighted by atomic mass is 10.1. The van der Waals surface area contributed by atoms with Crippen molar-refractivity contribution >= 4 is 34.8 Å². The summed E-state index contributed by atoms with van der Waals surface area (Å²) >= 11 is 1.58. The molecule has 0 saturated heterocycles. The molecule has 0 saturated carbocycles. The van der Waals surface area contributed by atoms with E-state index in [-0.39, 0.29) is 11.4 Å². The molecule has 0 aromatic heterocycles. The minimum atomic E-state index is -0.557. The number of benzene rings is 3. The van der Waals surface area contributed by atoms with Gasteiger partial charge in [0, 0.05) is 27.2 Å².